The average Bonchev–Trinajstić information content (AvgIpc) is 2.32. The smallest absolute Gasteiger partial charge is 0.270 e. The molecular formula is C12H12N2O3. The molecule has 5 nitrogen and oxygen atoms in total. The van der Waals surface area contributed by atoms with Crippen LogP contribution in [-0.4, -0.2) is 29.0 Å². The summed E-state index contributed by atoms with van der Waals surface area (Å²) in [5.41, 5.74) is 1.17. The third kappa shape index (κ3) is 4.36. The van der Waals surface area contributed by atoms with E-state index in [4.69, 9.17) is 10.3 Å². The molecule has 0 bridgehead atoms. The van der Waals surface area contributed by atoms with Crippen molar-refractivity contribution in [1.29, 1.82) is 0 Å². The molecule has 0 spiro atoms. The van der Waals surface area contributed by atoms with Crippen LogP contribution in [0, 0.1) is 11.8 Å². The Balaban J connectivity index is 2.85. The quantitative estimate of drug-likeness (QED) is 0.312. The molecule has 0 atom stereocenters. The van der Waals surface area contributed by atoms with Crippen molar-refractivity contribution in [2.24, 2.45) is 5.16 Å². The molecule has 1 aromatic carbocycles. The van der Waals surface area contributed by atoms with Gasteiger partial charge in [0.1, 0.15) is 6.21 Å². The number of amides is 1. The van der Waals surface area contributed by atoms with Gasteiger partial charge in [0.05, 0.1) is 12.3 Å². The molecule has 0 aliphatic heterocycles. The molecule has 88 valence electrons. The van der Waals surface area contributed by atoms with Crippen molar-refractivity contribution in [1.82, 2.24) is 0 Å². The maximum Gasteiger partial charge on any atom is 0.270 e. The Labute approximate surface area is 98.8 Å². The van der Waals surface area contributed by atoms with Crippen LogP contribution >= 0.6 is 0 Å². The Morgan fingerprint density at radius 1 is 1.47 bits per heavy atom. The number of para-hydroxylation sites is 1. The standard InChI is InChI=1S/C12H12N2O3/c15-8-4-3-6-10-5-1-2-7-11(10)14-12(16)9-13-17/h1-2,5,7,9,15,17H,4,8H2,(H,14,16). The number of aliphatic hydroxyl groups excluding tert-OH is 1. The summed E-state index contributed by atoms with van der Waals surface area (Å²) in [5.74, 6) is 5.05. The van der Waals surface area contributed by atoms with Gasteiger partial charge in [0.15, 0.2) is 0 Å². The maximum atomic E-state index is 11.2. The fourth-order valence-electron chi connectivity index (χ4n) is 1.13. The van der Waals surface area contributed by atoms with Gasteiger partial charge in [0.2, 0.25) is 0 Å². The summed E-state index contributed by atoms with van der Waals surface area (Å²) in [6.45, 7) is -0.00129. The fourth-order valence-corrected chi connectivity index (χ4v) is 1.13. The van der Waals surface area contributed by atoms with Crippen LogP contribution in [0.3, 0.4) is 0 Å². The minimum absolute atomic E-state index is 0.00129. The molecule has 1 rings (SSSR count). The lowest BCUT2D eigenvalue weighted by molar-refractivity contribution is -0.110. The largest absolute Gasteiger partial charge is 0.411 e. The number of nitrogens with one attached hydrogen (secondary N) is 1. The first-order valence-electron chi connectivity index (χ1n) is 4.95. The molecule has 0 aromatic heterocycles. The van der Waals surface area contributed by atoms with Crippen LogP contribution in [0.4, 0.5) is 5.69 Å². The Morgan fingerprint density at radius 2 is 2.24 bits per heavy atom. The van der Waals surface area contributed by atoms with Gasteiger partial charge < -0.3 is 15.6 Å². The number of anilines is 1. The van der Waals surface area contributed by atoms with E-state index in [0.29, 0.717) is 17.7 Å². The molecule has 1 aromatic rings. The van der Waals surface area contributed by atoms with Crippen molar-refractivity contribution in [3.8, 4) is 11.8 Å². The first-order valence-corrected chi connectivity index (χ1v) is 4.95. The van der Waals surface area contributed by atoms with E-state index in [1.54, 1.807) is 24.3 Å². The van der Waals surface area contributed by atoms with Gasteiger partial charge in [-0.05, 0) is 12.1 Å². The molecule has 3 N–H and O–H groups in total. The topological polar surface area (TPSA) is 81.9 Å². The highest BCUT2D eigenvalue weighted by atomic mass is 16.4. The number of hydrogen-bond acceptors (Lipinski definition) is 4. The highest BCUT2D eigenvalue weighted by molar-refractivity contribution is 6.31. The third-order valence-electron chi connectivity index (χ3n) is 1.82. The monoisotopic (exact) mass is 232 g/mol. The summed E-state index contributed by atoms with van der Waals surface area (Å²) in [7, 11) is 0. The van der Waals surface area contributed by atoms with E-state index in [9.17, 15) is 4.79 Å². The van der Waals surface area contributed by atoms with Crippen LogP contribution < -0.4 is 5.32 Å². The predicted octanol–water partition coefficient (Wildman–Crippen LogP) is 0.819. The summed E-state index contributed by atoms with van der Waals surface area (Å²) in [5, 5.41) is 22.0. The SMILES string of the molecule is O=C(C=NO)Nc1ccccc1C#CCCO. The molecule has 0 unspecified atom stereocenters. The molecule has 0 radical (unpaired) electrons. The van der Waals surface area contributed by atoms with Crippen LogP contribution in [0.5, 0.6) is 0 Å². The third-order valence-corrected chi connectivity index (χ3v) is 1.82. The summed E-state index contributed by atoms with van der Waals surface area (Å²) in [6, 6.07) is 6.98. The van der Waals surface area contributed by atoms with Crippen molar-refractivity contribution in [3.63, 3.8) is 0 Å². The summed E-state index contributed by atoms with van der Waals surface area (Å²) in [4.78, 5) is 11.2. The first-order chi connectivity index (χ1) is 8.27. The second-order valence-electron chi connectivity index (χ2n) is 3.05. The van der Waals surface area contributed by atoms with E-state index in [1.807, 2.05) is 0 Å². The van der Waals surface area contributed by atoms with E-state index >= 15 is 0 Å². The zero-order chi connectivity index (χ0) is 12.5. The van der Waals surface area contributed by atoms with Gasteiger partial charge in [-0.3, -0.25) is 4.79 Å². The first kappa shape index (κ1) is 12.7. The zero-order valence-corrected chi connectivity index (χ0v) is 9.05. The van der Waals surface area contributed by atoms with Gasteiger partial charge in [-0.1, -0.05) is 29.1 Å². The number of nitrogens with zero attached hydrogens (tertiary/aromatic N) is 1. The molecule has 0 aliphatic carbocycles. The van der Waals surface area contributed by atoms with Crippen molar-refractivity contribution < 1.29 is 15.1 Å². The van der Waals surface area contributed by atoms with E-state index in [0.717, 1.165) is 6.21 Å². The molecule has 0 saturated carbocycles. The van der Waals surface area contributed by atoms with Gasteiger partial charge in [0, 0.05) is 12.0 Å². The minimum atomic E-state index is -0.538. The number of aliphatic hydroxyl groups is 1. The predicted molar refractivity (Wildman–Crippen MR) is 63.9 cm³/mol. The number of rotatable bonds is 3. The molecule has 0 saturated heterocycles. The van der Waals surface area contributed by atoms with Crippen LogP contribution in [0.2, 0.25) is 0 Å². The maximum absolute atomic E-state index is 11.2. The van der Waals surface area contributed by atoms with Crippen LogP contribution in [0.1, 0.15) is 12.0 Å². The second-order valence-corrected chi connectivity index (χ2v) is 3.05. The molecular weight excluding hydrogens is 220 g/mol. The molecule has 17 heavy (non-hydrogen) atoms. The molecule has 1 amide bonds. The van der Waals surface area contributed by atoms with Gasteiger partial charge in [-0.2, -0.15) is 0 Å². The number of carbonyl (C=O) groups is 1. The summed E-state index contributed by atoms with van der Waals surface area (Å²) in [6.07, 6.45) is 1.14. The van der Waals surface area contributed by atoms with Crippen LogP contribution in [0.15, 0.2) is 29.4 Å². The number of benzene rings is 1. The van der Waals surface area contributed by atoms with Crippen LogP contribution in [-0.2, 0) is 4.79 Å². The number of hydrogen-bond donors (Lipinski definition) is 3. The van der Waals surface area contributed by atoms with Gasteiger partial charge >= 0.3 is 0 Å². The Kier molecular flexibility index (Phi) is 5.28. The van der Waals surface area contributed by atoms with E-state index in [-0.39, 0.29) is 6.61 Å². The van der Waals surface area contributed by atoms with Gasteiger partial charge in [-0.25, -0.2) is 0 Å². The molecule has 5 heteroatoms. The molecule has 0 heterocycles. The number of carbonyl (C=O) groups excluding carboxylic acids is 1. The van der Waals surface area contributed by atoms with Crippen molar-refractivity contribution in [2.75, 3.05) is 11.9 Å². The normalized spacial score (nSPS) is 9.71. The zero-order valence-electron chi connectivity index (χ0n) is 9.05. The lowest BCUT2D eigenvalue weighted by Gasteiger charge is -2.03. The lowest BCUT2D eigenvalue weighted by atomic mass is 10.2. The fraction of sp³-hybridized carbons (Fsp3) is 0.167. The minimum Gasteiger partial charge on any atom is -0.411 e. The number of oxime groups is 1. The van der Waals surface area contributed by atoms with Gasteiger partial charge in [0.25, 0.3) is 5.91 Å². The van der Waals surface area contributed by atoms with E-state index in [2.05, 4.69) is 22.3 Å². The Morgan fingerprint density at radius 3 is 2.94 bits per heavy atom. The van der Waals surface area contributed by atoms with E-state index in [1.165, 1.54) is 0 Å². The Hall–Kier alpha value is -2.32. The molecule has 0 aliphatic rings. The van der Waals surface area contributed by atoms with Crippen molar-refractivity contribution in [2.45, 2.75) is 6.42 Å². The van der Waals surface area contributed by atoms with Crippen molar-refractivity contribution in [3.05, 3.63) is 29.8 Å². The highest BCUT2D eigenvalue weighted by Crippen LogP contribution is 2.13. The molecule has 0 fully saturated rings. The lowest BCUT2D eigenvalue weighted by Crippen LogP contribution is -2.13. The van der Waals surface area contributed by atoms with E-state index < -0.39 is 5.91 Å². The highest BCUT2D eigenvalue weighted by Gasteiger charge is 2.02. The average molecular weight is 232 g/mol. The summed E-state index contributed by atoms with van der Waals surface area (Å²) < 4.78 is 0. The van der Waals surface area contributed by atoms with Gasteiger partial charge in [-0.15, -0.1) is 0 Å². The Bertz CT molecular complexity index is 472. The summed E-state index contributed by atoms with van der Waals surface area (Å²) >= 11 is 0. The van der Waals surface area contributed by atoms with Crippen LogP contribution in [0.25, 0.3) is 0 Å². The van der Waals surface area contributed by atoms with Crippen molar-refractivity contribution >= 4 is 17.8 Å². The second kappa shape index (κ2) is 7.04.